The Balaban J connectivity index is 0.00000132. The molecular formula is C16H24Cl3N3O. The van der Waals surface area contributed by atoms with Gasteiger partial charge in [0.25, 0.3) is 0 Å². The maximum absolute atomic E-state index is 12.5. The molecule has 23 heavy (non-hydrogen) atoms. The van der Waals surface area contributed by atoms with Crippen LogP contribution < -0.4 is 10.2 Å². The van der Waals surface area contributed by atoms with Gasteiger partial charge in [-0.05, 0) is 38.1 Å². The molecular weight excluding hydrogens is 357 g/mol. The fourth-order valence-corrected chi connectivity index (χ4v) is 3.46. The number of piperidine rings is 1. The van der Waals surface area contributed by atoms with Crippen molar-refractivity contribution in [3.05, 3.63) is 29.3 Å². The van der Waals surface area contributed by atoms with E-state index in [1.807, 2.05) is 29.2 Å². The van der Waals surface area contributed by atoms with E-state index in [0.29, 0.717) is 5.91 Å². The van der Waals surface area contributed by atoms with Crippen molar-refractivity contribution in [2.24, 2.45) is 5.92 Å². The normalized spacial score (nSPS) is 18.8. The number of hydrogen-bond acceptors (Lipinski definition) is 3. The Kier molecular flexibility index (Phi) is 8.48. The summed E-state index contributed by atoms with van der Waals surface area (Å²) >= 11 is 6.25. The van der Waals surface area contributed by atoms with Gasteiger partial charge in [-0.2, -0.15) is 0 Å². The summed E-state index contributed by atoms with van der Waals surface area (Å²) in [4.78, 5) is 16.8. The van der Waals surface area contributed by atoms with E-state index < -0.39 is 0 Å². The van der Waals surface area contributed by atoms with Crippen molar-refractivity contribution in [2.45, 2.75) is 12.8 Å². The number of benzene rings is 1. The average Bonchev–Trinajstić information content (AvgIpc) is 2.56. The second-order valence-corrected chi connectivity index (χ2v) is 6.20. The third-order valence-electron chi connectivity index (χ3n) is 4.47. The van der Waals surface area contributed by atoms with E-state index in [4.69, 9.17) is 11.6 Å². The number of carbonyl (C=O) groups excluding carboxylic acids is 1. The quantitative estimate of drug-likeness (QED) is 0.857. The zero-order valence-electron chi connectivity index (χ0n) is 13.0. The highest BCUT2D eigenvalue weighted by Crippen LogP contribution is 2.26. The van der Waals surface area contributed by atoms with Gasteiger partial charge in [-0.1, -0.05) is 23.7 Å². The van der Waals surface area contributed by atoms with E-state index >= 15 is 0 Å². The van der Waals surface area contributed by atoms with Crippen LogP contribution in [0.1, 0.15) is 12.8 Å². The van der Waals surface area contributed by atoms with E-state index in [-0.39, 0.29) is 30.7 Å². The molecule has 2 heterocycles. The average molecular weight is 381 g/mol. The van der Waals surface area contributed by atoms with Gasteiger partial charge < -0.3 is 15.1 Å². The van der Waals surface area contributed by atoms with Gasteiger partial charge in [0.05, 0.1) is 10.7 Å². The highest BCUT2D eigenvalue weighted by atomic mass is 35.5. The maximum atomic E-state index is 12.5. The summed E-state index contributed by atoms with van der Waals surface area (Å²) in [6, 6.07) is 7.92. The number of carbonyl (C=O) groups is 1. The largest absolute Gasteiger partial charge is 0.367 e. The van der Waals surface area contributed by atoms with Gasteiger partial charge in [-0.25, -0.2) is 0 Å². The molecule has 2 aliphatic heterocycles. The van der Waals surface area contributed by atoms with Gasteiger partial charge in [-0.15, -0.1) is 24.8 Å². The fraction of sp³-hybridized carbons (Fsp3) is 0.562. The summed E-state index contributed by atoms with van der Waals surface area (Å²) in [6.07, 6.45) is 1.95. The lowest BCUT2D eigenvalue weighted by Crippen LogP contribution is -2.51. The molecule has 4 nitrogen and oxygen atoms in total. The van der Waals surface area contributed by atoms with Gasteiger partial charge in [0, 0.05) is 32.1 Å². The third kappa shape index (κ3) is 4.90. The molecule has 3 rings (SSSR count). The Morgan fingerprint density at radius 1 is 1.04 bits per heavy atom. The first kappa shape index (κ1) is 20.4. The number of amides is 1. The van der Waals surface area contributed by atoms with Crippen LogP contribution >= 0.6 is 36.4 Å². The molecule has 2 saturated heterocycles. The molecule has 0 unspecified atom stereocenters. The SMILES string of the molecule is Cl.Cl.O=C(C1CCNCC1)N1CCN(c2ccccc2Cl)CC1. The van der Waals surface area contributed by atoms with Crippen LogP contribution in [-0.4, -0.2) is 50.1 Å². The van der Waals surface area contributed by atoms with Crippen molar-refractivity contribution >= 4 is 48.0 Å². The summed E-state index contributed by atoms with van der Waals surface area (Å²) in [6.45, 7) is 5.26. The minimum atomic E-state index is 0. The van der Waals surface area contributed by atoms with Gasteiger partial charge in [0.15, 0.2) is 0 Å². The Morgan fingerprint density at radius 3 is 2.26 bits per heavy atom. The van der Waals surface area contributed by atoms with Crippen LogP contribution in [-0.2, 0) is 4.79 Å². The predicted octanol–water partition coefficient (Wildman–Crippen LogP) is 2.83. The molecule has 2 fully saturated rings. The summed E-state index contributed by atoms with van der Waals surface area (Å²) in [5, 5.41) is 4.10. The molecule has 7 heteroatoms. The molecule has 0 spiro atoms. The number of halogens is 3. The first-order valence-electron chi connectivity index (χ1n) is 7.74. The molecule has 2 aliphatic rings. The monoisotopic (exact) mass is 379 g/mol. The van der Waals surface area contributed by atoms with Crippen LogP contribution in [0.4, 0.5) is 5.69 Å². The molecule has 0 saturated carbocycles. The number of piperazine rings is 1. The van der Waals surface area contributed by atoms with Gasteiger partial charge in [-0.3, -0.25) is 4.79 Å². The van der Waals surface area contributed by atoms with Crippen molar-refractivity contribution in [1.29, 1.82) is 0 Å². The molecule has 1 amide bonds. The Morgan fingerprint density at radius 2 is 1.65 bits per heavy atom. The zero-order chi connectivity index (χ0) is 14.7. The lowest BCUT2D eigenvalue weighted by molar-refractivity contribution is -0.136. The summed E-state index contributed by atoms with van der Waals surface area (Å²) in [5.41, 5.74) is 1.08. The van der Waals surface area contributed by atoms with Crippen LogP contribution in [0.15, 0.2) is 24.3 Å². The number of para-hydroxylation sites is 1. The zero-order valence-corrected chi connectivity index (χ0v) is 15.4. The maximum Gasteiger partial charge on any atom is 0.225 e. The van der Waals surface area contributed by atoms with Crippen LogP contribution in [0, 0.1) is 5.92 Å². The number of hydrogen-bond donors (Lipinski definition) is 1. The number of nitrogens with zero attached hydrogens (tertiary/aromatic N) is 2. The highest BCUT2D eigenvalue weighted by Gasteiger charge is 2.28. The van der Waals surface area contributed by atoms with Gasteiger partial charge >= 0.3 is 0 Å². The summed E-state index contributed by atoms with van der Waals surface area (Å²) < 4.78 is 0. The van der Waals surface area contributed by atoms with Crippen molar-refractivity contribution in [1.82, 2.24) is 10.2 Å². The minimum absolute atomic E-state index is 0. The molecule has 0 aliphatic carbocycles. The number of rotatable bonds is 2. The van der Waals surface area contributed by atoms with Gasteiger partial charge in [0.1, 0.15) is 0 Å². The van der Waals surface area contributed by atoms with E-state index in [9.17, 15) is 4.79 Å². The Bertz CT molecular complexity index is 501. The predicted molar refractivity (Wildman–Crippen MR) is 100 cm³/mol. The fourth-order valence-electron chi connectivity index (χ4n) is 3.20. The molecule has 0 aromatic heterocycles. The van der Waals surface area contributed by atoms with Crippen LogP contribution in [0.2, 0.25) is 5.02 Å². The summed E-state index contributed by atoms with van der Waals surface area (Å²) in [5.74, 6) is 0.563. The molecule has 0 bridgehead atoms. The Labute approximate surface area is 155 Å². The molecule has 1 aromatic carbocycles. The van der Waals surface area contributed by atoms with E-state index in [1.165, 1.54) is 0 Å². The van der Waals surface area contributed by atoms with Crippen molar-refractivity contribution in [3.8, 4) is 0 Å². The van der Waals surface area contributed by atoms with Crippen LogP contribution in [0.25, 0.3) is 0 Å². The van der Waals surface area contributed by atoms with Crippen molar-refractivity contribution < 1.29 is 4.79 Å². The molecule has 130 valence electrons. The smallest absolute Gasteiger partial charge is 0.225 e. The lowest BCUT2D eigenvalue weighted by atomic mass is 9.96. The van der Waals surface area contributed by atoms with E-state index in [0.717, 1.165) is 62.8 Å². The van der Waals surface area contributed by atoms with Crippen molar-refractivity contribution in [3.63, 3.8) is 0 Å². The second kappa shape index (κ2) is 9.58. The number of anilines is 1. The third-order valence-corrected chi connectivity index (χ3v) is 4.79. The topological polar surface area (TPSA) is 35.6 Å². The van der Waals surface area contributed by atoms with E-state index in [1.54, 1.807) is 0 Å². The molecule has 0 radical (unpaired) electrons. The standard InChI is InChI=1S/C16H22ClN3O.2ClH/c17-14-3-1-2-4-15(14)19-9-11-20(12-10-19)16(21)13-5-7-18-8-6-13;;/h1-4,13,18H,5-12H2;2*1H. The second-order valence-electron chi connectivity index (χ2n) is 5.79. The van der Waals surface area contributed by atoms with E-state index in [2.05, 4.69) is 10.2 Å². The van der Waals surface area contributed by atoms with Crippen molar-refractivity contribution in [2.75, 3.05) is 44.2 Å². The molecule has 1 N–H and O–H groups in total. The lowest BCUT2D eigenvalue weighted by Gasteiger charge is -2.38. The molecule has 1 aromatic rings. The first-order valence-corrected chi connectivity index (χ1v) is 8.12. The first-order chi connectivity index (χ1) is 10.3. The van der Waals surface area contributed by atoms with Gasteiger partial charge in [0.2, 0.25) is 5.91 Å². The summed E-state index contributed by atoms with van der Waals surface area (Å²) in [7, 11) is 0. The molecule has 0 atom stereocenters. The highest BCUT2D eigenvalue weighted by molar-refractivity contribution is 6.33. The Hall–Kier alpha value is -0.680. The van der Waals surface area contributed by atoms with Crippen LogP contribution in [0.3, 0.4) is 0 Å². The van der Waals surface area contributed by atoms with Crippen LogP contribution in [0.5, 0.6) is 0 Å². The minimum Gasteiger partial charge on any atom is -0.367 e. The number of nitrogens with one attached hydrogen (secondary N) is 1.